The Bertz CT molecular complexity index is 239. The average Bonchev–Trinajstić information content (AvgIpc) is 2.23. The fraction of sp³-hybridized carbons (Fsp3) is 0.500. The van der Waals surface area contributed by atoms with Gasteiger partial charge in [0.2, 0.25) is 0 Å². The van der Waals surface area contributed by atoms with Gasteiger partial charge in [0.15, 0.2) is 0 Å². The molecule has 0 fully saturated rings. The SMILES string of the molecule is C1=CCCC=CCC1.[O-]B([O-])F.[O-]B([O-])F.[O-]B([O-])F.[O-]B([O-])F.[Rh].[Rh].[Rh].[Rh].[Rh].[Rh].[Rh].[Rh]. The molecule has 0 aliphatic heterocycles. The van der Waals surface area contributed by atoms with Gasteiger partial charge in [0, 0.05) is 156 Å². The summed E-state index contributed by atoms with van der Waals surface area (Å²) in [5, 5.41) is 66.4. The quantitative estimate of drug-likeness (QED) is 0.130. The number of hydrogen-bond donors (Lipinski definition) is 0. The molecular weight excluding hydrogens is 1170 g/mol. The molecule has 0 aromatic heterocycles. The summed E-state index contributed by atoms with van der Waals surface area (Å²) in [7, 11) is -12.7. The Morgan fingerprint density at radius 2 is 0.406 bits per heavy atom. The molecule has 0 aromatic carbocycles. The summed E-state index contributed by atoms with van der Waals surface area (Å²) in [5.41, 5.74) is 0. The fourth-order valence-corrected chi connectivity index (χ4v) is 0.856. The van der Waals surface area contributed by atoms with Crippen molar-refractivity contribution in [2.75, 3.05) is 0 Å². The van der Waals surface area contributed by atoms with Crippen molar-refractivity contribution >= 4 is 29.6 Å². The maximum absolute atomic E-state index is 9.89. The van der Waals surface area contributed by atoms with Gasteiger partial charge in [-0.25, -0.2) is 0 Å². The van der Waals surface area contributed by atoms with Crippen LogP contribution in [0.3, 0.4) is 0 Å². The molecule has 8 radical (unpaired) electrons. The zero-order valence-corrected chi connectivity index (χ0v) is 28.0. The van der Waals surface area contributed by atoms with E-state index in [9.17, 15) is 17.3 Å². The van der Waals surface area contributed by atoms with Crippen LogP contribution in [0.2, 0.25) is 0 Å². The molecule has 0 N–H and O–H groups in total. The Balaban J connectivity index is -0.0000000152. The van der Waals surface area contributed by atoms with Crippen molar-refractivity contribution in [2.45, 2.75) is 25.7 Å². The molecule has 0 bridgehead atoms. The van der Waals surface area contributed by atoms with Crippen LogP contribution in [0.15, 0.2) is 24.3 Å². The smallest absolute Gasteiger partial charge is 0.121 e. The summed E-state index contributed by atoms with van der Waals surface area (Å²) in [6.07, 6.45) is 14.0. The standard InChI is InChI=1S/C8H12.4BFO2.8Rh/c1-2-4-6-8-7-5-3-1;4*2-1(3)4;;;;;;;;/h1-2,7-8H,3-6H2;;;;;;;;;;;;/q;4*-2;;;;;;;;. The molecule has 212 valence electrons. The van der Waals surface area contributed by atoms with Gasteiger partial charge in [-0.05, 0) is 25.7 Å². The van der Waals surface area contributed by atoms with E-state index in [-0.39, 0.29) is 156 Å². The molecule has 1 rings (SSSR count). The van der Waals surface area contributed by atoms with E-state index < -0.39 is 29.6 Å². The third-order valence-corrected chi connectivity index (χ3v) is 1.33. The molecule has 8 nitrogen and oxygen atoms in total. The van der Waals surface area contributed by atoms with Crippen LogP contribution in [0, 0.1) is 0 Å². The molecule has 0 heterocycles. The molecule has 0 spiro atoms. The van der Waals surface area contributed by atoms with Crippen LogP contribution in [-0.2, 0) is 156 Å². The molecule has 1 aliphatic rings. The summed E-state index contributed by atoms with van der Waals surface area (Å²) in [5.74, 6) is 0. The Morgan fingerprint density at radius 3 is 0.469 bits per heavy atom. The van der Waals surface area contributed by atoms with E-state index in [4.69, 9.17) is 40.2 Å². The Hall–Kier alpha value is 4.13. The Kier molecular flexibility index (Phi) is 168. The van der Waals surface area contributed by atoms with Gasteiger partial charge in [0.1, 0.15) is 29.6 Å². The van der Waals surface area contributed by atoms with Crippen molar-refractivity contribution < 1.29 is 213 Å². The molecule has 24 heteroatoms. The van der Waals surface area contributed by atoms with Gasteiger partial charge in [0.05, 0.1) is 0 Å². The van der Waals surface area contributed by atoms with Gasteiger partial charge >= 0.3 is 0 Å². The van der Waals surface area contributed by atoms with Gasteiger partial charge in [-0.3, -0.25) is 0 Å². The van der Waals surface area contributed by atoms with Crippen LogP contribution in [0.4, 0.5) is 17.3 Å². The molecule has 32 heavy (non-hydrogen) atoms. The fourth-order valence-electron chi connectivity index (χ4n) is 0.856. The first-order chi connectivity index (χ1) is 10.9. The van der Waals surface area contributed by atoms with Crippen LogP contribution in [0.25, 0.3) is 0 Å². The minimum atomic E-state index is -3.17. The van der Waals surface area contributed by atoms with Gasteiger partial charge in [-0.2, -0.15) is 0 Å². The summed E-state index contributed by atoms with van der Waals surface area (Å²) in [4.78, 5) is 0. The second-order valence-electron chi connectivity index (χ2n) is 3.20. The summed E-state index contributed by atoms with van der Waals surface area (Å²) < 4.78 is 39.6. The predicted octanol–water partition coefficient (Wildman–Crippen LogP) is -6.70. The van der Waals surface area contributed by atoms with E-state index >= 15 is 0 Å². The van der Waals surface area contributed by atoms with Crippen molar-refractivity contribution in [3.8, 4) is 0 Å². The van der Waals surface area contributed by atoms with Gasteiger partial charge in [-0.1, -0.05) is 24.3 Å². The minimum absolute atomic E-state index is 0. The van der Waals surface area contributed by atoms with Crippen molar-refractivity contribution in [3.63, 3.8) is 0 Å². The summed E-state index contributed by atoms with van der Waals surface area (Å²) >= 11 is 0. The average molecular weight is 1180 g/mol. The molecule has 0 saturated carbocycles. The molecule has 0 amide bonds. The summed E-state index contributed by atoms with van der Waals surface area (Å²) in [6, 6.07) is 0. The minimum Gasteiger partial charge on any atom is -0.867 e. The summed E-state index contributed by atoms with van der Waals surface area (Å²) in [6.45, 7) is 0. The van der Waals surface area contributed by atoms with Crippen molar-refractivity contribution in [1.82, 2.24) is 0 Å². The first-order valence-corrected chi connectivity index (χ1v) is 6.06. The van der Waals surface area contributed by atoms with E-state index in [0.29, 0.717) is 0 Å². The normalized spacial score (nSPS) is 8.38. The second kappa shape index (κ2) is 70.3. The topological polar surface area (TPSA) is 184 Å². The first kappa shape index (κ1) is 76.6. The Morgan fingerprint density at radius 1 is 0.344 bits per heavy atom. The number of allylic oxidation sites excluding steroid dienone is 4. The van der Waals surface area contributed by atoms with Gasteiger partial charge in [-0.15, -0.1) is 0 Å². The molecule has 0 unspecified atom stereocenters. The van der Waals surface area contributed by atoms with Crippen LogP contribution >= 0.6 is 0 Å². The number of hydrogen-bond acceptors (Lipinski definition) is 8. The maximum atomic E-state index is 9.89. The van der Waals surface area contributed by atoms with Crippen molar-refractivity contribution in [2.24, 2.45) is 0 Å². The van der Waals surface area contributed by atoms with E-state index in [0.717, 1.165) is 0 Å². The third-order valence-electron chi connectivity index (χ3n) is 1.33. The second-order valence-corrected chi connectivity index (χ2v) is 3.20. The van der Waals surface area contributed by atoms with Crippen LogP contribution in [-0.4, -0.2) is 29.6 Å². The molecule has 0 saturated heterocycles. The van der Waals surface area contributed by atoms with Gasteiger partial charge < -0.3 is 57.5 Å². The van der Waals surface area contributed by atoms with Crippen LogP contribution in [0.5, 0.6) is 0 Å². The van der Waals surface area contributed by atoms with E-state index in [1.54, 1.807) is 0 Å². The van der Waals surface area contributed by atoms with E-state index in [1.807, 2.05) is 0 Å². The van der Waals surface area contributed by atoms with Crippen LogP contribution < -0.4 is 40.2 Å². The van der Waals surface area contributed by atoms with Crippen molar-refractivity contribution in [3.05, 3.63) is 24.3 Å². The maximum Gasteiger partial charge on any atom is 0.121 e. The molecule has 0 aromatic rings. The molecule has 0 atom stereocenters. The Labute approximate surface area is 289 Å². The monoisotopic (exact) mass is 1180 g/mol. The zero-order valence-electron chi connectivity index (χ0n) is 14.9. The molecular formula is C8H12B4F4O8Rh8-8. The van der Waals surface area contributed by atoms with Crippen molar-refractivity contribution in [1.29, 1.82) is 0 Å². The number of rotatable bonds is 0. The predicted molar refractivity (Wildman–Crippen MR) is 64.2 cm³/mol. The molecule has 1 aliphatic carbocycles. The van der Waals surface area contributed by atoms with Gasteiger partial charge in [0.25, 0.3) is 0 Å². The largest absolute Gasteiger partial charge is 0.867 e. The zero-order chi connectivity index (χ0) is 20.0. The number of halogens is 4. The van der Waals surface area contributed by atoms with E-state index in [2.05, 4.69) is 24.3 Å². The first-order valence-electron chi connectivity index (χ1n) is 6.06. The van der Waals surface area contributed by atoms with E-state index in [1.165, 1.54) is 25.7 Å². The van der Waals surface area contributed by atoms with Crippen LogP contribution in [0.1, 0.15) is 25.7 Å². The third kappa shape index (κ3) is 255.